The summed E-state index contributed by atoms with van der Waals surface area (Å²) in [5, 5.41) is 25.6. The third-order valence-electron chi connectivity index (χ3n) is 6.85. The van der Waals surface area contributed by atoms with Crippen molar-refractivity contribution in [2.75, 3.05) is 26.5 Å². The molecular formula is C30H27F6N5O6. The number of amides is 1. The maximum atomic E-state index is 12.8. The summed E-state index contributed by atoms with van der Waals surface area (Å²) in [7, 11) is 0. The number of fused-ring (bicyclic) bond motifs is 1. The van der Waals surface area contributed by atoms with E-state index in [-0.39, 0.29) is 43.6 Å². The van der Waals surface area contributed by atoms with E-state index >= 15 is 0 Å². The highest BCUT2D eigenvalue weighted by Gasteiger charge is 2.33. The molecule has 0 saturated carbocycles. The molecule has 2 aliphatic heterocycles. The van der Waals surface area contributed by atoms with E-state index in [1.54, 1.807) is 4.90 Å². The largest absolute Gasteiger partial charge is 0.510 e. The van der Waals surface area contributed by atoms with Crippen LogP contribution in [0.1, 0.15) is 43.2 Å². The zero-order chi connectivity index (χ0) is 34.2. The van der Waals surface area contributed by atoms with Crippen LogP contribution >= 0.6 is 0 Å². The zero-order valence-corrected chi connectivity index (χ0v) is 24.5. The molecule has 0 unspecified atom stereocenters. The fraction of sp³-hybridized carbons (Fsp3) is 0.400. The second kappa shape index (κ2) is 15.0. The Kier molecular flexibility index (Phi) is 11.1. The number of halogens is 6. The van der Waals surface area contributed by atoms with Gasteiger partial charge in [-0.3, -0.25) is 14.6 Å². The average Bonchev–Trinajstić information content (AvgIpc) is 3.72. The van der Waals surface area contributed by atoms with Crippen LogP contribution in [0.4, 0.5) is 32.0 Å². The number of benzene rings is 2. The van der Waals surface area contributed by atoms with Gasteiger partial charge in [-0.25, -0.2) is 0 Å². The third kappa shape index (κ3) is 9.67. The number of aliphatic hydroxyl groups excluding tert-OH is 1. The van der Waals surface area contributed by atoms with Crippen molar-refractivity contribution in [1.29, 1.82) is 5.26 Å². The number of hydrogen-bond acceptors (Lipinski definition) is 10. The number of rotatable bonds is 7. The number of nitriles is 1. The van der Waals surface area contributed by atoms with Gasteiger partial charge in [0.25, 0.3) is 5.91 Å². The van der Waals surface area contributed by atoms with Crippen molar-refractivity contribution in [1.82, 2.24) is 4.90 Å². The van der Waals surface area contributed by atoms with Gasteiger partial charge in [0.15, 0.2) is 29.6 Å². The van der Waals surface area contributed by atoms with Crippen molar-refractivity contribution in [2.45, 2.75) is 51.0 Å². The Morgan fingerprint density at radius 3 is 2.36 bits per heavy atom. The summed E-state index contributed by atoms with van der Waals surface area (Å²) < 4.78 is 90.2. The van der Waals surface area contributed by atoms with Gasteiger partial charge in [-0.2, -0.15) is 31.6 Å². The minimum atomic E-state index is -4.77. The normalized spacial score (nSPS) is 16.7. The second-order valence-electron chi connectivity index (χ2n) is 10.3. The summed E-state index contributed by atoms with van der Waals surface area (Å²) in [6.07, 6.45) is -6.91. The van der Waals surface area contributed by atoms with E-state index in [1.165, 1.54) is 0 Å². The van der Waals surface area contributed by atoms with Crippen molar-refractivity contribution < 1.29 is 55.2 Å². The topological polar surface area (TPSA) is 146 Å². The molecule has 3 aliphatic rings. The number of Topliss-reactive ketones (excluding diaryl/α,β-unsaturated/α-hetero) is 1. The van der Waals surface area contributed by atoms with Crippen molar-refractivity contribution in [3.05, 3.63) is 59.0 Å². The summed E-state index contributed by atoms with van der Waals surface area (Å²) >= 11 is 0. The smallest absolute Gasteiger partial charge is 0.422 e. The molecule has 5 rings (SSSR count). The molecule has 1 N–H and O–H groups in total. The highest BCUT2D eigenvalue weighted by atomic mass is 19.4. The third-order valence-corrected chi connectivity index (χ3v) is 6.85. The Morgan fingerprint density at radius 1 is 0.979 bits per heavy atom. The number of azo groups is 1. The average molecular weight is 668 g/mol. The summed E-state index contributed by atoms with van der Waals surface area (Å²) in [5.41, 5.74) is -1.42. The number of allylic oxidation sites excluding steroid dienone is 2. The maximum absolute atomic E-state index is 12.8. The molecule has 47 heavy (non-hydrogen) atoms. The number of carbonyl (C=O) groups excluding carboxylic acids is 2. The van der Waals surface area contributed by atoms with Crippen molar-refractivity contribution >= 4 is 23.1 Å². The zero-order valence-electron chi connectivity index (χ0n) is 24.5. The summed E-state index contributed by atoms with van der Waals surface area (Å²) in [6, 6.07) is 9.05. The summed E-state index contributed by atoms with van der Waals surface area (Å²) in [6.45, 7) is 0.179. The Bertz CT molecular complexity index is 1620. The van der Waals surface area contributed by atoms with E-state index in [2.05, 4.69) is 20.0 Å². The van der Waals surface area contributed by atoms with E-state index in [0.29, 0.717) is 49.2 Å². The number of aliphatic imine (C=N–C) groups is 1. The van der Waals surface area contributed by atoms with Gasteiger partial charge in [-0.1, -0.05) is 6.07 Å². The molecule has 11 nitrogen and oxygen atoms in total. The molecule has 0 bridgehead atoms. The van der Waals surface area contributed by atoms with Crippen LogP contribution < -0.4 is 14.2 Å². The second-order valence-corrected chi connectivity index (χ2v) is 10.3. The van der Waals surface area contributed by atoms with Gasteiger partial charge >= 0.3 is 12.4 Å². The lowest BCUT2D eigenvalue weighted by molar-refractivity contribution is -0.153. The molecule has 0 aromatic heterocycles. The molecular weight excluding hydrogens is 640 g/mol. The Balaban J connectivity index is 0.000000217. The van der Waals surface area contributed by atoms with Crippen LogP contribution in [0.5, 0.6) is 17.2 Å². The van der Waals surface area contributed by atoms with Crippen LogP contribution in [-0.2, 0) is 22.3 Å². The van der Waals surface area contributed by atoms with Gasteiger partial charge < -0.3 is 24.2 Å². The van der Waals surface area contributed by atoms with Crippen molar-refractivity contribution in [3.8, 4) is 23.3 Å². The van der Waals surface area contributed by atoms with Crippen molar-refractivity contribution in [2.24, 2.45) is 15.2 Å². The molecule has 0 radical (unpaired) electrons. The van der Waals surface area contributed by atoms with Crippen LogP contribution in [0.3, 0.4) is 0 Å². The first kappa shape index (κ1) is 34.7. The minimum Gasteiger partial charge on any atom is -0.510 e. The molecule has 2 aromatic carbocycles. The van der Waals surface area contributed by atoms with Gasteiger partial charge in [-0.05, 0) is 55.2 Å². The van der Waals surface area contributed by atoms with Gasteiger partial charge in [0.1, 0.15) is 23.3 Å². The number of hydrogen-bond donors (Lipinski definition) is 1. The predicted octanol–water partition coefficient (Wildman–Crippen LogP) is 6.76. The summed E-state index contributed by atoms with van der Waals surface area (Å²) in [4.78, 5) is 29.6. The number of nitrogens with zero attached hydrogens (tertiary/aromatic N) is 5. The van der Waals surface area contributed by atoms with Gasteiger partial charge in [0, 0.05) is 25.9 Å². The molecule has 0 spiro atoms. The fourth-order valence-corrected chi connectivity index (χ4v) is 4.52. The minimum absolute atomic E-state index is 0.0328. The number of carbonyl (C=O) groups is 2. The number of likely N-dealkylation sites (tertiary alicyclic amines) is 1. The summed E-state index contributed by atoms with van der Waals surface area (Å²) in [5.74, 6) is -0.432. The lowest BCUT2D eigenvalue weighted by Gasteiger charge is -2.13. The molecule has 0 atom stereocenters. The van der Waals surface area contributed by atoms with E-state index < -0.39 is 47.4 Å². The molecule has 250 valence electrons. The van der Waals surface area contributed by atoms with Crippen LogP contribution in [0.15, 0.2) is 63.1 Å². The first-order valence-electron chi connectivity index (χ1n) is 14.2. The predicted molar refractivity (Wildman–Crippen MR) is 151 cm³/mol. The first-order valence-corrected chi connectivity index (χ1v) is 14.2. The molecule has 1 saturated heterocycles. The van der Waals surface area contributed by atoms with Crippen LogP contribution in [0.25, 0.3) is 0 Å². The number of ether oxygens (including phenoxy) is 3. The van der Waals surface area contributed by atoms with Crippen molar-refractivity contribution in [3.63, 3.8) is 0 Å². The monoisotopic (exact) mass is 667 g/mol. The lowest BCUT2D eigenvalue weighted by Crippen LogP contribution is -2.33. The quantitative estimate of drug-likeness (QED) is 0.195. The van der Waals surface area contributed by atoms with Gasteiger partial charge in [-0.15, -0.1) is 10.2 Å². The van der Waals surface area contributed by atoms with Crippen LogP contribution in [-0.4, -0.2) is 60.1 Å². The van der Waals surface area contributed by atoms with Crippen LogP contribution in [0, 0.1) is 11.3 Å². The number of aliphatic hydroxyl groups is 1. The Labute approximate surface area is 263 Å². The lowest BCUT2D eigenvalue weighted by atomic mass is 10.0. The van der Waals surface area contributed by atoms with Gasteiger partial charge in [0.05, 0.1) is 12.1 Å². The van der Waals surface area contributed by atoms with E-state index in [4.69, 9.17) is 14.7 Å². The number of ketones is 1. The number of alkyl halides is 6. The first-order chi connectivity index (χ1) is 22.2. The fourth-order valence-electron chi connectivity index (χ4n) is 4.52. The molecule has 17 heteroatoms. The van der Waals surface area contributed by atoms with Gasteiger partial charge in [0.2, 0.25) is 12.5 Å². The SMILES string of the molecule is N#CC(=NCc1ccc2c(c1)OCO2)C(=O)N1CCCC1.O=C1CCCC(O)=C1N=Nc1cc(C(F)(F)F)ccc1OCC(F)(F)F. The van der Waals surface area contributed by atoms with E-state index in [1.807, 2.05) is 24.3 Å². The van der Waals surface area contributed by atoms with Crippen LogP contribution in [0.2, 0.25) is 0 Å². The Morgan fingerprint density at radius 2 is 1.70 bits per heavy atom. The molecule has 1 aliphatic carbocycles. The Hall–Kier alpha value is -5.14. The molecule has 2 aromatic rings. The maximum Gasteiger partial charge on any atom is 0.422 e. The molecule has 2 heterocycles. The highest BCUT2D eigenvalue weighted by molar-refractivity contribution is 6.45. The van der Waals surface area contributed by atoms with E-state index in [9.17, 15) is 41.0 Å². The molecule has 1 amide bonds. The highest BCUT2D eigenvalue weighted by Crippen LogP contribution is 2.38. The standard InChI is InChI=1S/C15H12F6N2O3.C15H15N3O3/c16-14(17,18)7-26-12-5-4-8(15(19,20)21)6-9(12)22-23-13-10(24)2-1-3-11(13)25;16-8-12(15(19)18-5-1-2-6-18)17-9-11-3-4-13-14(7-11)21-10-20-13/h4-6,24H,1-3,7H2;3-4,7H,1-2,5-6,9-10H2. The molecule has 1 fully saturated rings. The van der Waals surface area contributed by atoms with E-state index in [0.717, 1.165) is 18.4 Å².